The average molecular weight is 605 g/mol. The number of nitrogens with zero attached hydrogens (tertiary/aromatic N) is 1. The molecule has 0 saturated carbocycles. The molecule has 1 aromatic heterocycles. The molecule has 1 atom stereocenters. The second kappa shape index (κ2) is 12.7. The summed E-state index contributed by atoms with van der Waals surface area (Å²) in [5.41, 5.74) is 3.68. The summed E-state index contributed by atoms with van der Waals surface area (Å²) in [6.07, 6.45) is 0. The summed E-state index contributed by atoms with van der Waals surface area (Å²) < 4.78 is 0. The van der Waals surface area contributed by atoms with Gasteiger partial charge in [0.25, 0.3) is 5.91 Å². The van der Waals surface area contributed by atoms with Gasteiger partial charge in [0.1, 0.15) is 5.25 Å². The summed E-state index contributed by atoms with van der Waals surface area (Å²) in [5.74, 6) is -0.503. The number of carbonyl (C=O) groups excluding carboxylic acids is 2. The molecule has 2 amide bonds. The first-order chi connectivity index (χ1) is 19.4. The van der Waals surface area contributed by atoms with Gasteiger partial charge in [0.2, 0.25) is 5.91 Å². The molecule has 0 radical (unpaired) electrons. The Balaban J connectivity index is 1.31. The van der Waals surface area contributed by atoms with E-state index in [2.05, 4.69) is 10.6 Å². The van der Waals surface area contributed by atoms with Gasteiger partial charge in [-0.3, -0.25) is 9.59 Å². The molecule has 5 nitrogen and oxygen atoms in total. The number of benzene rings is 4. The van der Waals surface area contributed by atoms with Crippen molar-refractivity contribution in [1.82, 2.24) is 4.98 Å². The first-order valence-electron chi connectivity index (χ1n) is 12.3. The number of rotatable bonds is 8. The number of anilines is 2. The van der Waals surface area contributed by atoms with Gasteiger partial charge in [-0.25, -0.2) is 4.98 Å². The van der Waals surface area contributed by atoms with Crippen molar-refractivity contribution in [2.24, 2.45) is 0 Å². The lowest BCUT2D eigenvalue weighted by Gasteiger charge is -2.16. The summed E-state index contributed by atoms with van der Waals surface area (Å²) in [5, 5.41) is 6.65. The summed E-state index contributed by atoms with van der Waals surface area (Å²) >= 11 is 15.0. The molecule has 0 aliphatic heterocycles. The van der Waals surface area contributed by atoms with E-state index in [9.17, 15) is 9.59 Å². The first kappa shape index (κ1) is 27.9. The van der Waals surface area contributed by atoms with Crippen LogP contribution < -0.4 is 10.6 Å². The summed E-state index contributed by atoms with van der Waals surface area (Å²) in [6, 6.07) is 31.6. The van der Waals surface area contributed by atoms with Gasteiger partial charge >= 0.3 is 0 Å². The number of thioether (sulfide) groups is 1. The molecule has 5 rings (SSSR count). The molecule has 5 aromatic rings. The number of hydrogen-bond acceptors (Lipinski definition) is 5. The van der Waals surface area contributed by atoms with Crippen molar-refractivity contribution in [1.29, 1.82) is 0 Å². The van der Waals surface area contributed by atoms with Gasteiger partial charge in [-0.05, 0) is 55.0 Å². The molecule has 0 saturated heterocycles. The van der Waals surface area contributed by atoms with Crippen LogP contribution in [0.15, 0.2) is 108 Å². The SMILES string of the molecule is Cc1sc(NC(=O)C(Sc2ccc(NC(=O)c3ccc(Cl)cc3Cl)cc2)c2ccccc2)nc1-c1ccccc1. The van der Waals surface area contributed by atoms with Crippen LogP contribution in [0, 0.1) is 6.92 Å². The van der Waals surface area contributed by atoms with E-state index in [0.717, 1.165) is 26.6 Å². The minimum atomic E-state index is -0.515. The highest BCUT2D eigenvalue weighted by Crippen LogP contribution is 2.38. The molecular weight excluding hydrogens is 581 g/mol. The van der Waals surface area contributed by atoms with Crippen LogP contribution in [0.25, 0.3) is 11.3 Å². The van der Waals surface area contributed by atoms with Gasteiger partial charge < -0.3 is 10.6 Å². The second-order valence-corrected chi connectivity index (χ2v) is 12.0. The van der Waals surface area contributed by atoms with Crippen molar-refractivity contribution < 1.29 is 9.59 Å². The number of aromatic nitrogens is 1. The number of amides is 2. The molecule has 0 bridgehead atoms. The molecule has 0 fully saturated rings. The third kappa shape index (κ3) is 6.74. The number of carbonyl (C=O) groups is 2. The number of aryl methyl sites for hydroxylation is 1. The molecule has 40 heavy (non-hydrogen) atoms. The lowest BCUT2D eigenvalue weighted by Crippen LogP contribution is -2.19. The molecule has 200 valence electrons. The van der Waals surface area contributed by atoms with Crippen LogP contribution in [0.2, 0.25) is 10.0 Å². The molecule has 9 heteroatoms. The predicted octanol–water partition coefficient (Wildman–Crippen LogP) is 9.15. The van der Waals surface area contributed by atoms with Crippen LogP contribution in [0.1, 0.15) is 26.0 Å². The molecule has 1 heterocycles. The molecule has 4 aromatic carbocycles. The molecule has 1 unspecified atom stereocenters. The lowest BCUT2D eigenvalue weighted by molar-refractivity contribution is -0.115. The zero-order valence-corrected chi connectivity index (χ0v) is 24.4. The van der Waals surface area contributed by atoms with Crippen molar-refractivity contribution in [3.63, 3.8) is 0 Å². The second-order valence-electron chi connectivity index (χ2n) is 8.79. The first-order valence-corrected chi connectivity index (χ1v) is 14.7. The van der Waals surface area contributed by atoms with Gasteiger partial charge in [0, 0.05) is 26.0 Å². The maximum atomic E-state index is 13.6. The summed E-state index contributed by atoms with van der Waals surface area (Å²) in [4.78, 5) is 32.8. The van der Waals surface area contributed by atoms with Crippen LogP contribution in [-0.4, -0.2) is 16.8 Å². The van der Waals surface area contributed by atoms with E-state index in [1.807, 2.05) is 79.7 Å². The Kier molecular flexibility index (Phi) is 8.87. The highest BCUT2D eigenvalue weighted by atomic mass is 35.5. The third-order valence-corrected chi connectivity index (χ3v) is 8.66. The Bertz CT molecular complexity index is 1640. The van der Waals surface area contributed by atoms with Crippen LogP contribution in [-0.2, 0) is 4.79 Å². The van der Waals surface area contributed by atoms with Crippen molar-refractivity contribution in [2.75, 3.05) is 10.6 Å². The molecule has 0 aliphatic carbocycles. The standard InChI is InChI=1S/C31H23Cl2N3O2S2/c1-19-27(20-8-4-2-5-9-20)35-31(39-19)36-30(38)28(21-10-6-3-7-11-21)40-24-15-13-23(14-16-24)34-29(37)25-17-12-22(32)18-26(25)33/h2-18,28H,1H3,(H,34,37)(H,35,36,38). The molecule has 0 aliphatic rings. The highest BCUT2D eigenvalue weighted by molar-refractivity contribution is 8.00. The molecular formula is C31H23Cl2N3O2S2. The van der Waals surface area contributed by atoms with Crippen molar-refractivity contribution in [2.45, 2.75) is 17.1 Å². The van der Waals surface area contributed by atoms with Gasteiger partial charge in [0.15, 0.2) is 5.13 Å². The minimum Gasteiger partial charge on any atom is -0.322 e. The lowest BCUT2D eigenvalue weighted by atomic mass is 10.1. The van der Waals surface area contributed by atoms with Crippen molar-refractivity contribution >= 4 is 68.9 Å². The molecule has 0 spiro atoms. The van der Waals surface area contributed by atoms with Gasteiger partial charge in [-0.2, -0.15) is 0 Å². The fourth-order valence-corrected chi connectivity index (χ4v) is 6.37. The number of halogens is 2. The fraction of sp³-hybridized carbons (Fsp3) is 0.0645. The zero-order chi connectivity index (χ0) is 28.1. The van der Waals surface area contributed by atoms with E-state index in [4.69, 9.17) is 28.2 Å². The van der Waals surface area contributed by atoms with Gasteiger partial charge in [-0.1, -0.05) is 83.9 Å². The number of thiazole rings is 1. The van der Waals surface area contributed by atoms with Crippen LogP contribution >= 0.6 is 46.3 Å². The highest BCUT2D eigenvalue weighted by Gasteiger charge is 2.24. The predicted molar refractivity (Wildman–Crippen MR) is 167 cm³/mol. The zero-order valence-electron chi connectivity index (χ0n) is 21.2. The summed E-state index contributed by atoms with van der Waals surface area (Å²) in [6.45, 7) is 2.00. The van der Waals surface area contributed by atoms with Crippen molar-refractivity contribution in [3.05, 3.63) is 129 Å². The largest absolute Gasteiger partial charge is 0.322 e. The van der Waals surface area contributed by atoms with E-state index in [1.165, 1.54) is 29.2 Å². The summed E-state index contributed by atoms with van der Waals surface area (Å²) in [7, 11) is 0. The quantitative estimate of drug-likeness (QED) is 0.173. The minimum absolute atomic E-state index is 0.167. The van der Waals surface area contributed by atoms with E-state index in [-0.39, 0.29) is 16.8 Å². The Morgan fingerprint density at radius 3 is 2.20 bits per heavy atom. The van der Waals surface area contributed by atoms with Gasteiger partial charge in [0.05, 0.1) is 16.3 Å². The Morgan fingerprint density at radius 1 is 0.850 bits per heavy atom. The van der Waals surface area contributed by atoms with Gasteiger partial charge in [-0.15, -0.1) is 23.1 Å². The van der Waals surface area contributed by atoms with Crippen molar-refractivity contribution in [3.8, 4) is 11.3 Å². The Labute approximate surface area is 250 Å². The van der Waals surface area contributed by atoms with E-state index >= 15 is 0 Å². The monoisotopic (exact) mass is 603 g/mol. The Hall–Kier alpha value is -3.62. The smallest absolute Gasteiger partial charge is 0.257 e. The average Bonchev–Trinajstić information content (AvgIpc) is 3.33. The van der Waals surface area contributed by atoms with Crippen LogP contribution in [0.3, 0.4) is 0 Å². The maximum absolute atomic E-state index is 13.6. The third-order valence-electron chi connectivity index (χ3n) is 5.96. The van der Waals surface area contributed by atoms with Crippen LogP contribution in [0.5, 0.6) is 0 Å². The molecule has 2 N–H and O–H groups in total. The van der Waals surface area contributed by atoms with E-state index < -0.39 is 5.25 Å². The van der Waals surface area contributed by atoms with E-state index in [1.54, 1.807) is 24.3 Å². The fourth-order valence-electron chi connectivity index (χ4n) is 4.01. The normalized spacial score (nSPS) is 11.6. The number of nitrogens with one attached hydrogen (secondary N) is 2. The maximum Gasteiger partial charge on any atom is 0.257 e. The number of hydrogen-bond donors (Lipinski definition) is 2. The van der Waals surface area contributed by atoms with E-state index in [0.29, 0.717) is 21.4 Å². The topological polar surface area (TPSA) is 71.1 Å². The Morgan fingerprint density at radius 2 is 1.52 bits per heavy atom. The van der Waals surface area contributed by atoms with Crippen LogP contribution in [0.4, 0.5) is 10.8 Å².